The van der Waals surface area contributed by atoms with Gasteiger partial charge in [0.15, 0.2) is 5.96 Å². The molecule has 4 N–H and O–H groups in total. The van der Waals surface area contributed by atoms with Crippen LogP contribution in [0.5, 0.6) is 0 Å². The first-order valence-electron chi connectivity index (χ1n) is 4.28. The molecule has 11 heteroatoms. The van der Waals surface area contributed by atoms with Crippen LogP contribution in [0.4, 0.5) is 19.4 Å². The first-order chi connectivity index (χ1) is 7.79. The van der Waals surface area contributed by atoms with Crippen LogP contribution in [0.3, 0.4) is 0 Å². The molecule has 0 aromatic heterocycles. The fraction of sp³-hybridized carbons (Fsp3) is 0. The SMILES string of the molecule is Cl.NC(N)=NC(=O)c1cccc(S(F)(F)(F)(F)F)c1. The Bertz CT molecular complexity index is 540. The molecule has 0 radical (unpaired) electrons. The molecule has 4 nitrogen and oxygen atoms in total. The van der Waals surface area contributed by atoms with Crippen LogP contribution in [0.2, 0.25) is 0 Å². The lowest BCUT2D eigenvalue weighted by molar-refractivity contribution is 0.100. The zero-order valence-electron chi connectivity index (χ0n) is 9.03. The lowest BCUT2D eigenvalue weighted by Gasteiger charge is -2.40. The Hall–Kier alpha value is -1.55. The minimum Gasteiger partial charge on any atom is -0.370 e. The van der Waals surface area contributed by atoms with Gasteiger partial charge in [-0.2, -0.15) is 4.99 Å². The van der Waals surface area contributed by atoms with E-state index in [1.54, 1.807) is 0 Å². The molecule has 0 saturated carbocycles. The summed E-state index contributed by atoms with van der Waals surface area (Å²) in [6.07, 6.45) is 0. The van der Waals surface area contributed by atoms with Gasteiger partial charge < -0.3 is 11.5 Å². The molecular weight excluding hydrogens is 317 g/mol. The number of aliphatic imine (C=N–C) groups is 1. The summed E-state index contributed by atoms with van der Waals surface area (Å²) >= 11 is 0. The van der Waals surface area contributed by atoms with Gasteiger partial charge in [-0.15, -0.1) is 12.4 Å². The van der Waals surface area contributed by atoms with Crippen molar-refractivity contribution in [3.8, 4) is 0 Å². The first kappa shape index (κ1) is 17.4. The molecule has 110 valence electrons. The summed E-state index contributed by atoms with van der Waals surface area (Å²) < 4.78 is 62.3. The number of nitrogens with zero attached hydrogens (tertiary/aromatic N) is 1. The number of rotatable bonds is 2. The second kappa shape index (κ2) is 4.23. The van der Waals surface area contributed by atoms with Crippen molar-refractivity contribution in [2.24, 2.45) is 16.5 Å². The second-order valence-electron chi connectivity index (χ2n) is 3.34. The van der Waals surface area contributed by atoms with Crippen molar-refractivity contribution in [2.45, 2.75) is 4.90 Å². The van der Waals surface area contributed by atoms with Gasteiger partial charge in [0, 0.05) is 5.56 Å². The smallest absolute Gasteiger partial charge is 0.310 e. The molecule has 1 aromatic carbocycles. The molecule has 1 aromatic rings. The third-order valence-electron chi connectivity index (χ3n) is 1.76. The van der Waals surface area contributed by atoms with Gasteiger partial charge in [0.1, 0.15) is 4.90 Å². The predicted molar refractivity (Wildman–Crippen MR) is 65.2 cm³/mol. The summed E-state index contributed by atoms with van der Waals surface area (Å²) in [4.78, 5) is 12.0. The van der Waals surface area contributed by atoms with Crippen LogP contribution >= 0.6 is 22.6 Å². The third-order valence-corrected chi connectivity index (χ3v) is 2.90. The summed E-state index contributed by atoms with van der Waals surface area (Å²) in [6.45, 7) is 0. The molecule has 1 amide bonds. The largest absolute Gasteiger partial charge is 0.370 e. The van der Waals surface area contributed by atoms with Gasteiger partial charge in [0.25, 0.3) is 5.91 Å². The van der Waals surface area contributed by atoms with Gasteiger partial charge in [0.2, 0.25) is 0 Å². The van der Waals surface area contributed by atoms with Gasteiger partial charge >= 0.3 is 10.2 Å². The Morgan fingerprint density at radius 3 is 2.05 bits per heavy atom. The van der Waals surface area contributed by atoms with E-state index in [4.69, 9.17) is 11.5 Å². The highest BCUT2D eigenvalue weighted by Crippen LogP contribution is 3.02. The number of carbonyl (C=O) groups excluding carboxylic acids is 1. The van der Waals surface area contributed by atoms with Crippen LogP contribution in [0, 0.1) is 0 Å². The molecule has 0 aliphatic carbocycles. The van der Waals surface area contributed by atoms with E-state index in [1.165, 1.54) is 0 Å². The number of halogens is 6. The summed E-state index contributed by atoms with van der Waals surface area (Å²) in [5, 5.41) is 0. The number of hydrogen-bond acceptors (Lipinski definition) is 1. The van der Waals surface area contributed by atoms with Crippen molar-refractivity contribution in [1.29, 1.82) is 0 Å². The summed E-state index contributed by atoms with van der Waals surface area (Å²) in [7, 11) is -9.82. The van der Waals surface area contributed by atoms with Crippen LogP contribution in [0.25, 0.3) is 0 Å². The molecular formula is C8H9ClF5N3OS. The van der Waals surface area contributed by atoms with E-state index in [-0.39, 0.29) is 24.5 Å². The molecule has 0 unspecified atom stereocenters. The Kier molecular flexibility index (Phi) is 3.89. The average Bonchev–Trinajstić information content (AvgIpc) is 2.13. The number of hydrogen-bond donors (Lipinski definition) is 2. The summed E-state index contributed by atoms with van der Waals surface area (Å²) in [6, 6.07) is 1.74. The number of amides is 1. The Morgan fingerprint density at radius 1 is 1.11 bits per heavy atom. The van der Waals surface area contributed by atoms with Crippen molar-refractivity contribution in [1.82, 2.24) is 0 Å². The fourth-order valence-electron chi connectivity index (χ4n) is 1.05. The van der Waals surface area contributed by atoms with E-state index < -0.39 is 32.5 Å². The maximum absolute atomic E-state index is 12.5. The van der Waals surface area contributed by atoms with E-state index in [2.05, 4.69) is 4.99 Å². The number of benzene rings is 1. The minimum atomic E-state index is -9.82. The van der Waals surface area contributed by atoms with Crippen LogP contribution < -0.4 is 11.5 Å². The molecule has 19 heavy (non-hydrogen) atoms. The third kappa shape index (κ3) is 4.91. The zero-order valence-corrected chi connectivity index (χ0v) is 10.7. The van der Waals surface area contributed by atoms with Crippen LogP contribution in [-0.4, -0.2) is 11.9 Å². The normalized spacial score (nSPS) is 14.6. The molecule has 0 fully saturated rings. The Morgan fingerprint density at radius 2 is 1.63 bits per heavy atom. The molecule has 0 aliphatic rings. The second-order valence-corrected chi connectivity index (χ2v) is 5.75. The fourth-order valence-corrected chi connectivity index (χ4v) is 1.74. The van der Waals surface area contributed by atoms with Gasteiger partial charge in [-0.3, -0.25) is 4.79 Å². The standard InChI is InChI=1S/C8H8F5N3OS.ClH/c9-18(10,11,12,13)6-3-1-2-5(4-6)7(17)16-8(14)15;/h1-4H,(H4,14,15,16,17);1H. The minimum absolute atomic E-state index is 0. The first-order valence-corrected chi connectivity index (χ1v) is 6.23. The van der Waals surface area contributed by atoms with Crippen molar-refractivity contribution in [3.63, 3.8) is 0 Å². The molecule has 0 atom stereocenters. The van der Waals surface area contributed by atoms with E-state index >= 15 is 0 Å². The summed E-state index contributed by atoms with van der Waals surface area (Å²) in [5.74, 6) is -1.92. The van der Waals surface area contributed by atoms with Crippen molar-refractivity contribution in [3.05, 3.63) is 29.8 Å². The molecule has 0 spiro atoms. The van der Waals surface area contributed by atoms with E-state index in [0.29, 0.717) is 6.07 Å². The van der Waals surface area contributed by atoms with Gasteiger partial charge in [-0.25, -0.2) is 0 Å². The number of nitrogens with two attached hydrogens (primary N) is 2. The molecule has 1 rings (SSSR count). The van der Waals surface area contributed by atoms with Crippen molar-refractivity contribution >= 4 is 34.5 Å². The van der Waals surface area contributed by atoms with E-state index in [0.717, 1.165) is 6.07 Å². The lowest BCUT2D eigenvalue weighted by Crippen LogP contribution is -2.24. The topological polar surface area (TPSA) is 81.5 Å². The Balaban J connectivity index is 0.00000324. The molecule has 0 heterocycles. The summed E-state index contributed by atoms with van der Waals surface area (Å²) in [5.41, 5.74) is 9.01. The maximum atomic E-state index is 12.5. The highest BCUT2D eigenvalue weighted by molar-refractivity contribution is 8.45. The van der Waals surface area contributed by atoms with Gasteiger partial charge in [-0.1, -0.05) is 25.5 Å². The number of carbonyl (C=O) groups is 1. The molecule has 0 saturated heterocycles. The quantitative estimate of drug-likeness (QED) is 0.498. The van der Waals surface area contributed by atoms with Crippen molar-refractivity contribution < 1.29 is 24.2 Å². The molecule has 0 aliphatic heterocycles. The van der Waals surface area contributed by atoms with Crippen LogP contribution in [-0.2, 0) is 0 Å². The monoisotopic (exact) mass is 325 g/mol. The highest BCUT2D eigenvalue weighted by atomic mass is 35.5. The predicted octanol–water partition coefficient (Wildman–Crippen LogP) is 3.18. The van der Waals surface area contributed by atoms with Crippen molar-refractivity contribution in [2.75, 3.05) is 0 Å². The Labute approximate surface area is 110 Å². The maximum Gasteiger partial charge on any atom is 0.310 e. The van der Waals surface area contributed by atoms with E-state index in [1.807, 2.05) is 0 Å². The molecule has 0 bridgehead atoms. The average molecular weight is 326 g/mol. The van der Waals surface area contributed by atoms with Crippen LogP contribution in [0.1, 0.15) is 10.4 Å². The van der Waals surface area contributed by atoms with Crippen LogP contribution in [0.15, 0.2) is 34.2 Å². The van der Waals surface area contributed by atoms with Gasteiger partial charge in [0.05, 0.1) is 0 Å². The lowest BCUT2D eigenvalue weighted by atomic mass is 10.2. The highest BCUT2D eigenvalue weighted by Gasteiger charge is 2.65. The number of guanidine groups is 1. The van der Waals surface area contributed by atoms with Gasteiger partial charge in [-0.05, 0) is 18.2 Å². The zero-order chi connectivity index (χ0) is 14.3. The van der Waals surface area contributed by atoms with E-state index in [9.17, 15) is 24.2 Å².